The van der Waals surface area contributed by atoms with Gasteiger partial charge in [0.15, 0.2) is 0 Å². The van der Waals surface area contributed by atoms with Gasteiger partial charge in [0.05, 0.1) is 16.7 Å². The molecule has 0 radical (unpaired) electrons. The molecule has 0 unspecified atom stereocenters. The third-order valence-electron chi connectivity index (χ3n) is 3.70. The van der Waals surface area contributed by atoms with Crippen molar-refractivity contribution in [3.05, 3.63) is 33.8 Å². The molecular formula is C15H17Cl2NO3. The van der Waals surface area contributed by atoms with Crippen molar-refractivity contribution in [2.45, 2.75) is 25.8 Å². The fourth-order valence-electron chi connectivity index (χ4n) is 2.58. The SMILES string of the molecule is CCOC(=O)[C@@H]1C[C@H](Cc2ccc(Cl)c(Cl)c2)C(=O)N1C. The zero-order valence-electron chi connectivity index (χ0n) is 11.9. The van der Waals surface area contributed by atoms with Gasteiger partial charge in [-0.1, -0.05) is 29.3 Å². The Morgan fingerprint density at radius 3 is 2.71 bits per heavy atom. The maximum atomic E-state index is 12.2. The largest absolute Gasteiger partial charge is 0.464 e. The topological polar surface area (TPSA) is 46.6 Å². The van der Waals surface area contributed by atoms with E-state index in [-0.39, 0.29) is 17.8 Å². The third kappa shape index (κ3) is 3.50. The number of benzene rings is 1. The number of carbonyl (C=O) groups excluding carboxylic acids is 2. The standard InChI is InChI=1S/C15H17Cl2NO3/c1-3-21-15(20)13-8-10(14(19)18(13)2)6-9-4-5-11(16)12(17)7-9/h4-5,7,10,13H,3,6,8H2,1-2H3/t10-,13-/m0/s1. The highest BCUT2D eigenvalue weighted by Crippen LogP contribution is 2.29. The molecule has 21 heavy (non-hydrogen) atoms. The van der Waals surface area contributed by atoms with Crippen LogP contribution < -0.4 is 0 Å². The molecule has 0 aromatic heterocycles. The Morgan fingerprint density at radius 2 is 2.10 bits per heavy atom. The van der Waals surface area contributed by atoms with Crippen molar-refractivity contribution in [1.82, 2.24) is 4.90 Å². The van der Waals surface area contributed by atoms with E-state index in [1.54, 1.807) is 26.1 Å². The molecule has 1 heterocycles. The van der Waals surface area contributed by atoms with Gasteiger partial charge in [0.25, 0.3) is 0 Å². The first kappa shape index (κ1) is 16.1. The van der Waals surface area contributed by atoms with Gasteiger partial charge in [-0.3, -0.25) is 4.79 Å². The molecule has 2 atom stereocenters. The molecule has 0 bridgehead atoms. The number of carbonyl (C=O) groups is 2. The molecule has 1 aliphatic heterocycles. The van der Waals surface area contributed by atoms with E-state index in [0.717, 1.165) is 5.56 Å². The molecule has 1 fully saturated rings. The van der Waals surface area contributed by atoms with E-state index in [1.807, 2.05) is 6.07 Å². The molecular weight excluding hydrogens is 313 g/mol. The van der Waals surface area contributed by atoms with Crippen LogP contribution in [0, 0.1) is 5.92 Å². The number of amides is 1. The average molecular weight is 330 g/mol. The van der Waals surface area contributed by atoms with Crippen LogP contribution in [0.4, 0.5) is 0 Å². The Hall–Kier alpha value is -1.26. The molecule has 1 amide bonds. The van der Waals surface area contributed by atoms with Crippen LogP contribution in [-0.2, 0) is 20.7 Å². The van der Waals surface area contributed by atoms with Gasteiger partial charge in [0, 0.05) is 13.0 Å². The summed E-state index contributed by atoms with van der Waals surface area (Å²) in [7, 11) is 1.64. The van der Waals surface area contributed by atoms with Crippen molar-refractivity contribution < 1.29 is 14.3 Å². The highest BCUT2D eigenvalue weighted by atomic mass is 35.5. The van der Waals surface area contributed by atoms with Crippen LogP contribution in [0.5, 0.6) is 0 Å². The molecule has 1 aliphatic rings. The molecule has 2 rings (SSSR count). The fraction of sp³-hybridized carbons (Fsp3) is 0.467. The van der Waals surface area contributed by atoms with Crippen molar-refractivity contribution >= 4 is 35.1 Å². The van der Waals surface area contributed by atoms with E-state index >= 15 is 0 Å². The lowest BCUT2D eigenvalue weighted by atomic mass is 9.96. The Bertz CT molecular complexity index is 562. The number of hydrogen-bond donors (Lipinski definition) is 0. The van der Waals surface area contributed by atoms with Gasteiger partial charge >= 0.3 is 5.97 Å². The molecule has 0 spiro atoms. The number of hydrogen-bond acceptors (Lipinski definition) is 3. The van der Waals surface area contributed by atoms with E-state index in [4.69, 9.17) is 27.9 Å². The second-order valence-electron chi connectivity index (χ2n) is 5.10. The molecule has 1 aromatic rings. The van der Waals surface area contributed by atoms with Gasteiger partial charge < -0.3 is 9.64 Å². The smallest absolute Gasteiger partial charge is 0.328 e. The van der Waals surface area contributed by atoms with Crippen molar-refractivity contribution in [3.8, 4) is 0 Å². The minimum atomic E-state index is -0.495. The number of ether oxygens (including phenoxy) is 1. The summed E-state index contributed by atoms with van der Waals surface area (Å²) in [4.78, 5) is 25.6. The normalized spacial score (nSPS) is 21.7. The zero-order chi connectivity index (χ0) is 15.6. The highest BCUT2D eigenvalue weighted by molar-refractivity contribution is 6.42. The lowest BCUT2D eigenvalue weighted by molar-refractivity contribution is -0.150. The zero-order valence-corrected chi connectivity index (χ0v) is 13.4. The summed E-state index contributed by atoms with van der Waals surface area (Å²) in [5.74, 6) is -0.620. The number of rotatable bonds is 4. The van der Waals surface area contributed by atoms with Crippen LogP contribution in [0.3, 0.4) is 0 Å². The first-order valence-corrected chi connectivity index (χ1v) is 7.56. The lowest BCUT2D eigenvalue weighted by Gasteiger charge is -2.17. The van der Waals surface area contributed by atoms with Crippen LogP contribution in [0.15, 0.2) is 18.2 Å². The number of likely N-dealkylation sites (N-methyl/N-ethyl adjacent to an activating group) is 1. The van der Waals surface area contributed by atoms with Crippen molar-refractivity contribution in [3.63, 3.8) is 0 Å². The molecule has 0 aliphatic carbocycles. The maximum absolute atomic E-state index is 12.2. The predicted octanol–water partition coefficient (Wildman–Crippen LogP) is 2.95. The van der Waals surface area contributed by atoms with E-state index in [0.29, 0.717) is 29.5 Å². The minimum Gasteiger partial charge on any atom is -0.464 e. The van der Waals surface area contributed by atoms with Gasteiger partial charge in [-0.2, -0.15) is 0 Å². The van der Waals surface area contributed by atoms with E-state index in [2.05, 4.69) is 0 Å². The molecule has 0 N–H and O–H groups in total. The Kier molecular flexibility index (Phi) is 5.12. The molecule has 4 nitrogen and oxygen atoms in total. The van der Waals surface area contributed by atoms with Gasteiger partial charge in [-0.25, -0.2) is 4.79 Å². The fourth-order valence-corrected chi connectivity index (χ4v) is 2.91. The number of halogens is 2. The Morgan fingerprint density at radius 1 is 1.38 bits per heavy atom. The number of nitrogens with zero attached hydrogens (tertiary/aromatic N) is 1. The second kappa shape index (κ2) is 6.67. The summed E-state index contributed by atoms with van der Waals surface area (Å²) in [6, 6.07) is 4.82. The summed E-state index contributed by atoms with van der Waals surface area (Å²) in [5.41, 5.74) is 0.931. The lowest BCUT2D eigenvalue weighted by Crippen LogP contribution is -2.36. The highest BCUT2D eigenvalue weighted by Gasteiger charge is 2.41. The van der Waals surface area contributed by atoms with E-state index < -0.39 is 6.04 Å². The maximum Gasteiger partial charge on any atom is 0.328 e. The predicted molar refractivity (Wildman–Crippen MR) is 81.5 cm³/mol. The van der Waals surface area contributed by atoms with Crippen molar-refractivity contribution in [1.29, 1.82) is 0 Å². The first-order valence-electron chi connectivity index (χ1n) is 6.81. The van der Waals surface area contributed by atoms with Crippen LogP contribution in [0.25, 0.3) is 0 Å². The van der Waals surface area contributed by atoms with E-state index in [9.17, 15) is 9.59 Å². The molecule has 6 heteroatoms. The minimum absolute atomic E-state index is 0.0425. The summed E-state index contributed by atoms with van der Waals surface area (Å²) < 4.78 is 5.01. The van der Waals surface area contributed by atoms with Gasteiger partial charge in [0.2, 0.25) is 5.91 Å². The Balaban J connectivity index is 2.09. The molecule has 1 saturated heterocycles. The van der Waals surface area contributed by atoms with Crippen molar-refractivity contribution in [2.75, 3.05) is 13.7 Å². The first-order chi connectivity index (χ1) is 9.93. The van der Waals surface area contributed by atoms with Crippen LogP contribution in [0.1, 0.15) is 18.9 Å². The molecule has 114 valence electrons. The third-order valence-corrected chi connectivity index (χ3v) is 4.44. The molecule has 0 saturated carbocycles. The summed E-state index contributed by atoms with van der Waals surface area (Å²) in [6.07, 6.45) is 1.00. The summed E-state index contributed by atoms with van der Waals surface area (Å²) in [6.45, 7) is 2.07. The molecule has 1 aromatic carbocycles. The number of esters is 1. The van der Waals surface area contributed by atoms with Crippen molar-refractivity contribution in [2.24, 2.45) is 5.92 Å². The van der Waals surface area contributed by atoms with Gasteiger partial charge in [-0.05, 0) is 37.5 Å². The van der Waals surface area contributed by atoms with Crippen LogP contribution in [0.2, 0.25) is 10.0 Å². The van der Waals surface area contributed by atoms with Gasteiger partial charge in [0.1, 0.15) is 6.04 Å². The quantitative estimate of drug-likeness (QED) is 0.798. The van der Waals surface area contributed by atoms with Crippen LogP contribution >= 0.6 is 23.2 Å². The number of likely N-dealkylation sites (tertiary alicyclic amines) is 1. The summed E-state index contributed by atoms with van der Waals surface area (Å²) in [5, 5.41) is 0.953. The van der Waals surface area contributed by atoms with Gasteiger partial charge in [-0.15, -0.1) is 0 Å². The Labute approximate surface area is 134 Å². The van der Waals surface area contributed by atoms with Crippen LogP contribution in [-0.4, -0.2) is 36.5 Å². The van der Waals surface area contributed by atoms with E-state index in [1.165, 1.54) is 4.90 Å². The second-order valence-corrected chi connectivity index (χ2v) is 5.92. The summed E-state index contributed by atoms with van der Waals surface area (Å²) >= 11 is 11.9. The average Bonchev–Trinajstić information content (AvgIpc) is 2.72. The monoisotopic (exact) mass is 329 g/mol.